The summed E-state index contributed by atoms with van der Waals surface area (Å²) < 4.78 is 13.3. The number of rotatable bonds is 3. The van der Waals surface area contributed by atoms with Crippen LogP contribution in [0.2, 0.25) is 0 Å². The number of carbonyl (C=O) groups excluding carboxylic acids is 4. The van der Waals surface area contributed by atoms with Crippen LogP contribution in [-0.4, -0.2) is 95.3 Å². The molecule has 1 spiro atoms. The summed E-state index contributed by atoms with van der Waals surface area (Å²) >= 11 is 0. The zero-order chi connectivity index (χ0) is 31.3. The number of aromatic hydroxyl groups is 1. The number of fused-ring (bicyclic) bond motifs is 1. The molecule has 2 atom stereocenters. The molecular formula is C33H42FN5O5. The number of nitrogens with one attached hydrogen (secondary N) is 2. The molecule has 236 valence electrons. The van der Waals surface area contributed by atoms with Gasteiger partial charge in [0.05, 0.1) is 12.1 Å². The molecule has 3 aliphatic rings. The normalized spacial score (nSPS) is 23.8. The molecule has 0 saturated carbocycles. The Balaban J connectivity index is 1.25. The second-order valence-electron chi connectivity index (χ2n) is 12.6. The fraction of sp³-hybridized carbons (Fsp3) is 0.515. The summed E-state index contributed by atoms with van der Waals surface area (Å²) in [7, 11) is 1.64. The van der Waals surface area contributed by atoms with E-state index in [4.69, 9.17) is 0 Å². The van der Waals surface area contributed by atoms with Gasteiger partial charge in [0.1, 0.15) is 11.6 Å². The van der Waals surface area contributed by atoms with E-state index in [1.165, 1.54) is 29.2 Å². The van der Waals surface area contributed by atoms with E-state index in [0.717, 1.165) is 25.1 Å². The first kappa shape index (κ1) is 31.4. The fourth-order valence-corrected chi connectivity index (χ4v) is 6.83. The Morgan fingerprint density at radius 2 is 1.70 bits per heavy atom. The third-order valence-electron chi connectivity index (χ3n) is 9.44. The number of amides is 4. The second kappa shape index (κ2) is 13.8. The summed E-state index contributed by atoms with van der Waals surface area (Å²) in [6, 6.07) is 12.7. The smallest absolute Gasteiger partial charge is 0.253 e. The Hall–Kier alpha value is -3.99. The molecule has 0 bridgehead atoms. The van der Waals surface area contributed by atoms with Crippen molar-refractivity contribution >= 4 is 23.6 Å². The van der Waals surface area contributed by atoms with Crippen molar-refractivity contribution in [1.29, 1.82) is 0 Å². The lowest BCUT2D eigenvalue weighted by molar-refractivity contribution is -0.137. The van der Waals surface area contributed by atoms with E-state index in [1.807, 2.05) is 12.1 Å². The van der Waals surface area contributed by atoms with Crippen LogP contribution in [0.3, 0.4) is 0 Å². The van der Waals surface area contributed by atoms with E-state index < -0.39 is 11.4 Å². The standard InChI is InChI=1S/C33H42FN5O5/c1-37-22-30(42)36-33(12-16-39(17-13-33)32(44)23-6-8-27(34)9-7-23)19-29(41)35-14-10-25-20-38(15-11-24(25)18-31(37)43)21-26-4-2-3-5-28(26)40/h2-9,24-25,40H,10-22H2,1H3,(H,35,41)(H,36,42)/t24-,25-/m0/s1. The van der Waals surface area contributed by atoms with Gasteiger partial charge in [-0.3, -0.25) is 24.1 Å². The van der Waals surface area contributed by atoms with Gasteiger partial charge in [-0.25, -0.2) is 4.39 Å². The molecule has 3 N–H and O–H groups in total. The van der Waals surface area contributed by atoms with Crippen molar-refractivity contribution in [1.82, 2.24) is 25.3 Å². The highest BCUT2D eigenvalue weighted by Gasteiger charge is 2.40. The second-order valence-corrected chi connectivity index (χ2v) is 12.6. The van der Waals surface area contributed by atoms with E-state index in [0.29, 0.717) is 57.4 Å². The Bertz CT molecular complexity index is 1360. The zero-order valence-corrected chi connectivity index (χ0v) is 25.3. The number of phenolic OH excluding ortho intramolecular Hbond substituents is 1. The third-order valence-corrected chi connectivity index (χ3v) is 9.44. The van der Waals surface area contributed by atoms with Crippen LogP contribution in [0.4, 0.5) is 4.39 Å². The summed E-state index contributed by atoms with van der Waals surface area (Å²) in [4.78, 5) is 58.1. The van der Waals surface area contributed by atoms with Crippen LogP contribution < -0.4 is 10.6 Å². The lowest BCUT2D eigenvalue weighted by Crippen LogP contribution is -2.59. The number of benzene rings is 2. The topological polar surface area (TPSA) is 122 Å². The molecule has 0 radical (unpaired) electrons. The highest BCUT2D eigenvalue weighted by atomic mass is 19.1. The van der Waals surface area contributed by atoms with Gasteiger partial charge < -0.3 is 25.5 Å². The van der Waals surface area contributed by atoms with Crippen LogP contribution in [0.1, 0.15) is 54.4 Å². The Morgan fingerprint density at radius 3 is 2.43 bits per heavy atom. The van der Waals surface area contributed by atoms with Gasteiger partial charge in [-0.15, -0.1) is 0 Å². The number of para-hydroxylation sites is 1. The van der Waals surface area contributed by atoms with Crippen LogP contribution in [0.15, 0.2) is 48.5 Å². The summed E-state index contributed by atoms with van der Waals surface area (Å²) in [5.74, 6) is -0.662. The third kappa shape index (κ3) is 7.74. The minimum Gasteiger partial charge on any atom is -0.508 e. The van der Waals surface area contributed by atoms with E-state index in [9.17, 15) is 28.7 Å². The SMILES string of the molecule is CN1CC(=O)NC2(CCN(C(=O)c3ccc(F)cc3)CC2)CC(=O)NCC[C@H]2CN(Cc3ccccc3O)CC[C@H]2CC1=O. The average Bonchev–Trinajstić information content (AvgIpc) is 2.99. The number of likely N-dealkylation sites (tertiary alicyclic amines) is 2. The summed E-state index contributed by atoms with van der Waals surface area (Å²) in [5, 5.41) is 16.4. The van der Waals surface area contributed by atoms with E-state index >= 15 is 0 Å². The van der Waals surface area contributed by atoms with Crippen molar-refractivity contribution in [2.24, 2.45) is 11.8 Å². The van der Waals surface area contributed by atoms with Gasteiger partial charge >= 0.3 is 0 Å². The number of piperidine rings is 2. The Kier molecular flexibility index (Phi) is 9.83. The van der Waals surface area contributed by atoms with Crippen LogP contribution in [-0.2, 0) is 20.9 Å². The quantitative estimate of drug-likeness (QED) is 0.493. The van der Waals surface area contributed by atoms with Gasteiger partial charge in [0, 0.05) is 63.7 Å². The number of hydrogen-bond donors (Lipinski definition) is 3. The lowest BCUT2D eigenvalue weighted by atomic mass is 9.80. The molecule has 5 rings (SSSR count). The maximum absolute atomic E-state index is 13.3. The predicted molar refractivity (Wildman–Crippen MR) is 162 cm³/mol. The first-order chi connectivity index (χ1) is 21.1. The molecule has 0 unspecified atom stereocenters. The molecule has 11 heteroatoms. The van der Waals surface area contributed by atoms with Crippen molar-refractivity contribution in [3.05, 3.63) is 65.5 Å². The van der Waals surface area contributed by atoms with E-state index in [1.54, 1.807) is 24.1 Å². The largest absolute Gasteiger partial charge is 0.508 e. The monoisotopic (exact) mass is 607 g/mol. The van der Waals surface area contributed by atoms with Gasteiger partial charge in [-0.1, -0.05) is 18.2 Å². The molecule has 3 saturated heterocycles. The van der Waals surface area contributed by atoms with Crippen molar-refractivity contribution < 1.29 is 28.7 Å². The number of nitrogens with zero attached hydrogens (tertiary/aromatic N) is 3. The molecular weight excluding hydrogens is 565 g/mol. The zero-order valence-electron chi connectivity index (χ0n) is 25.3. The van der Waals surface area contributed by atoms with Gasteiger partial charge in [-0.05, 0) is 74.4 Å². The number of halogens is 1. The minimum absolute atomic E-state index is 0.0719. The maximum atomic E-state index is 13.3. The molecule has 0 aliphatic carbocycles. The van der Waals surface area contributed by atoms with Crippen molar-refractivity contribution in [3.63, 3.8) is 0 Å². The van der Waals surface area contributed by atoms with Gasteiger partial charge in [0.2, 0.25) is 17.7 Å². The van der Waals surface area contributed by atoms with Gasteiger partial charge in [-0.2, -0.15) is 0 Å². The molecule has 2 aromatic carbocycles. The first-order valence-electron chi connectivity index (χ1n) is 15.5. The Morgan fingerprint density at radius 1 is 0.977 bits per heavy atom. The van der Waals surface area contributed by atoms with Gasteiger partial charge in [0.25, 0.3) is 5.91 Å². The summed E-state index contributed by atoms with van der Waals surface area (Å²) in [6.07, 6.45) is 2.69. The molecule has 3 heterocycles. The fourth-order valence-electron chi connectivity index (χ4n) is 6.83. The number of phenols is 1. The van der Waals surface area contributed by atoms with Crippen LogP contribution in [0.25, 0.3) is 0 Å². The molecule has 0 aromatic heterocycles. The Labute approximate surface area is 257 Å². The molecule has 44 heavy (non-hydrogen) atoms. The average molecular weight is 608 g/mol. The van der Waals surface area contributed by atoms with E-state index in [-0.39, 0.29) is 54.2 Å². The summed E-state index contributed by atoms with van der Waals surface area (Å²) in [5.41, 5.74) is 0.393. The van der Waals surface area contributed by atoms with Crippen molar-refractivity contribution in [3.8, 4) is 5.75 Å². The number of likely N-dealkylation sites (N-methyl/N-ethyl adjacent to an activating group) is 1. The minimum atomic E-state index is -0.851. The first-order valence-corrected chi connectivity index (χ1v) is 15.5. The highest BCUT2D eigenvalue weighted by molar-refractivity contribution is 5.94. The molecule has 10 nitrogen and oxygen atoms in total. The van der Waals surface area contributed by atoms with Crippen LogP contribution in [0.5, 0.6) is 5.75 Å². The van der Waals surface area contributed by atoms with E-state index in [2.05, 4.69) is 15.5 Å². The van der Waals surface area contributed by atoms with Gasteiger partial charge in [0.15, 0.2) is 0 Å². The molecule has 4 amide bonds. The van der Waals surface area contributed by atoms with Crippen molar-refractivity contribution in [2.75, 3.05) is 46.3 Å². The molecule has 2 aromatic rings. The number of carbonyl (C=O) groups is 4. The molecule has 3 fully saturated rings. The van der Waals surface area contributed by atoms with Crippen LogP contribution in [0, 0.1) is 17.7 Å². The maximum Gasteiger partial charge on any atom is 0.253 e. The highest BCUT2D eigenvalue weighted by Crippen LogP contribution is 2.32. The van der Waals surface area contributed by atoms with Crippen molar-refractivity contribution in [2.45, 2.75) is 50.6 Å². The summed E-state index contributed by atoms with van der Waals surface area (Å²) in [6.45, 7) is 3.14. The lowest BCUT2D eigenvalue weighted by Gasteiger charge is -2.43. The number of hydrogen-bond acceptors (Lipinski definition) is 6. The van der Waals surface area contributed by atoms with Crippen LogP contribution >= 0.6 is 0 Å². The predicted octanol–water partition coefficient (Wildman–Crippen LogP) is 2.52. The molecule has 3 aliphatic heterocycles.